The number of carbonyl (C=O) groups excluding carboxylic acids is 1. The maximum absolute atomic E-state index is 12.0. The van der Waals surface area contributed by atoms with Crippen LogP contribution in [0.2, 0.25) is 0 Å². The third kappa shape index (κ3) is 1.48. The van der Waals surface area contributed by atoms with Gasteiger partial charge in [-0.15, -0.1) is 0 Å². The molecule has 0 fully saturated rings. The van der Waals surface area contributed by atoms with Crippen LogP contribution in [0.25, 0.3) is 11.1 Å². The number of oxazole rings is 1. The fraction of sp³-hybridized carbons (Fsp3) is 0.0769. The Balaban J connectivity index is 2.14. The highest BCUT2D eigenvalue weighted by Crippen LogP contribution is 2.17. The molecule has 0 bridgehead atoms. The highest BCUT2D eigenvalue weighted by molar-refractivity contribution is 6.08. The largest absolute Gasteiger partial charge is 0.461 e. The van der Waals surface area contributed by atoms with E-state index in [2.05, 4.69) is 0 Å². The van der Waals surface area contributed by atoms with E-state index < -0.39 is 5.76 Å². The summed E-state index contributed by atoms with van der Waals surface area (Å²) in [5.74, 6) is -0.436. The fourth-order valence-corrected chi connectivity index (χ4v) is 1.83. The van der Waals surface area contributed by atoms with Crippen LogP contribution in [0.5, 0.6) is 0 Å². The van der Waals surface area contributed by atoms with Gasteiger partial charge in [-0.2, -0.15) is 0 Å². The summed E-state index contributed by atoms with van der Waals surface area (Å²) in [6.45, 7) is 0. The quantitative estimate of drug-likeness (QED) is 0.645. The summed E-state index contributed by atoms with van der Waals surface area (Å²) in [7, 11) is 1.61. The first-order valence-electron chi connectivity index (χ1n) is 5.34. The Labute approximate surface area is 101 Å². The first-order chi connectivity index (χ1) is 8.66. The highest BCUT2D eigenvalue weighted by atomic mass is 16.4. The van der Waals surface area contributed by atoms with Crippen LogP contribution in [0.3, 0.4) is 0 Å². The molecule has 0 aliphatic rings. The average Bonchev–Trinajstić information content (AvgIpc) is 2.98. The van der Waals surface area contributed by atoms with Crippen LogP contribution in [0.15, 0.2) is 50.2 Å². The molecule has 3 rings (SSSR count). The molecular weight excluding hydrogens is 234 g/mol. The maximum Gasteiger partial charge on any atom is 0.419 e. The SMILES string of the molecule is Cn1c(=O)oc2cc(C(=O)c3ccco3)ccc21. The molecular formula is C13H9NO4. The third-order valence-corrected chi connectivity index (χ3v) is 2.80. The minimum atomic E-state index is -0.451. The zero-order valence-electron chi connectivity index (χ0n) is 9.54. The van der Waals surface area contributed by atoms with Gasteiger partial charge in [-0.1, -0.05) is 0 Å². The number of aromatic nitrogens is 1. The average molecular weight is 243 g/mol. The number of carbonyl (C=O) groups is 1. The second-order valence-electron chi connectivity index (χ2n) is 3.92. The lowest BCUT2D eigenvalue weighted by molar-refractivity contribution is 0.101. The van der Waals surface area contributed by atoms with E-state index in [4.69, 9.17) is 8.83 Å². The number of furan rings is 1. The van der Waals surface area contributed by atoms with Gasteiger partial charge in [-0.3, -0.25) is 9.36 Å². The smallest absolute Gasteiger partial charge is 0.419 e. The fourth-order valence-electron chi connectivity index (χ4n) is 1.83. The Morgan fingerprint density at radius 3 is 2.83 bits per heavy atom. The number of fused-ring (bicyclic) bond motifs is 1. The van der Waals surface area contributed by atoms with Crippen LogP contribution >= 0.6 is 0 Å². The molecule has 90 valence electrons. The number of hydrogen-bond acceptors (Lipinski definition) is 4. The van der Waals surface area contributed by atoms with E-state index in [9.17, 15) is 9.59 Å². The predicted octanol–water partition coefficient (Wildman–Crippen LogP) is 1.96. The highest BCUT2D eigenvalue weighted by Gasteiger charge is 2.14. The maximum atomic E-state index is 12.0. The van der Waals surface area contributed by atoms with Gasteiger partial charge in [-0.05, 0) is 30.3 Å². The number of benzene rings is 1. The molecule has 0 atom stereocenters. The number of hydrogen-bond donors (Lipinski definition) is 0. The Kier molecular flexibility index (Phi) is 2.19. The van der Waals surface area contributed by atoms with Gasteiger partial charge >= 0.3 is 5.76 Å². The lowest BCUT2D eigenvalue weighted by Crippen LogP contribution is -2.08. The Hall–Kier alpha value is -2.56. The van der Waals surface area contributed by atoms with Crippen molar-refractivity contribution in [1.29, 1.82) is 0 Å². The molecule has 0 aliphatic heterocycles. The molecule has 3 aromatic rings. The van der Waals surface area contributed by atoms with Crippen LogP contribution in [-0.2, 0) is 7.05 Å². The van der Waals surface area contributed by atoms with Crippen LogP contribution in [0, 0.1) is 0 Å². The van der Waals surface area contributed by atoms with Crippen LogP contribution in [0.1, 0.15) is 16.1 Å². The van der Waals surface area contributed by atoms with Crippen molar-refractivity contribution < 1.29 is 13.6 Å². The van der Waals surface area contributed by atoms with Crippen molar-refractivity contribution in [3.8, 4) is 0 Å². The van der Waals surface area contributed by atoms with Crippen molar-refractivity contribution in [2.75, 3.05) is 0 Å². The summed E-state index contributed by atoms with van der Waals surface area (Å²) in [4.78, 5) is 23.4. The molecule has 0 saturated heterocycles. The standard InChI is InChI=1S/C13H9NO4/c1-14-9-5-4-8(7-11(9)18-13(14)16)12(15)10-3-2-6-17-10/h2-7H,1H3. The number of nitrogens with zero attached hydrogens (tertiary/aromatic N) is 1. The van der Waals surface area contributed by atoms with Gasteiger partial charge in [0.25, 0.3) is 0 Å². The Bertz CT molecular complexity index is 777. The van der Waals surface area contributed by atoms with Gasteiger partial charge < -0.3 is 8.83 Å². The van der Waals surface area contributed by atoms with Crippen LogP contribution < -0.4 is 5.76 Å². The molecule has 0 spiro atoms. The van der Waals surface area contributed by atoms with Crippen molar-refractivity contribution in [2.45, 2.75) is 0 Å². The van der Waals surface area contributed by atoms with Crippen molar-refractivity contribution in [1.82, 2.24) is 4.57 Å². The molecule has 0 saturated carbocycles. The molecule has 2 aromatic heterocycles. The van der Waals surface area contributed by atoms with Crippen molar-refractivity contribution in [3.05, 3.63) is 58.5 Å². The molecule has 1 aromatic carbocycles. The minimum Gasteiger partial charge on any atom is -0.461 e. The molecule has 0 amide bonds. The summed E-state index contributed by atoms with van der Waals surface area (Å²) in [5, 5.41) is 0. The van der Waals surface area contributed by atoms with Gasteiger partial charge in [0.2, 0.25) is 5.78 Å². The van der Waals surface area contributed by atoms with Crippen molar-refractivity contribution in [3.63, 3.8) is 0 Å². The first-order valence-corrected chi connectivity index (χ1v) is 5.34. The molecule has 0 N–H and O–H groups in total. The van der Waals surface area contributed by atoms with E-state index in [1.165, 1.54) is 10.8 Å². The van der Waals surface area contributed by atoms with Crippen LogP contribution in [0.4, 0.5) is 0 Å². The molecule has 5 nitrogen and oxygen atoms in total. The number of aryl methyl sites for hydroxylation is 1. The summed E-state index contributed by atoms with van der Waals surface area (Å²) in [6, 6.07) is 8.10. The summed E-state index contributed by atoms with van der Waals surface area (Å²) in [6.07, 6.45) is 1.44. The van der Waals surface area contributed by atoms with Gasteiger partial charge in [0, 0.05) is 12.6 Å². The van der Waals surface area contributed by atoms with E-state index in [0.29, 0.717) is 16.7 Å². The van der Waals surface area contributed by atoms with Gasteiger partial charge in [0.1, 0.15) is 0 Å². The van der Waals surface area contributed by atoms with E-state index in [1.807, 2.05) is 0 Å². The molecule has 18 heavy (non-hydrogen) atoms. The molecule has 0 radical (unpaired) electrons. The van der Waals surface area contributed by atoms with Crippen molar-refractivity contribution >= 4 is 16.9 Å². The lowest BCUT2D eigenvalue weighted by atomic mass is 10.1. The second-order valence-corrected chi connectivity index (χ2v) is 3.92. The van der Waals surface area contributed by atoms with Gasteiger partial charge in [0.05, 0.1) is 11.8 Å². The lowest BCUT2D eigenvalue weighted by Gasteiger charge is -1.97. The third-order valence-electron chi connectivity index (χ3n) is 2.80. The monoisotopic (exact) mass is 243 g/mol. The normalized spacial score (nSPS) is 10.9. The summed E-state index contributed by atoms with van der Waals surface area (Å²) < 4.78 is 11.5. The predicted molar refractivity (Wildman–Crippen MR) is 63.6 cm³/mol. The molecule has 0 unspecified atom stereocenters. The topological polar surface area (TPSA) is 65.3 Å². The second kappa shape index (κ2) is 3.73. The summed E-state index contributed by atoms with van der Waals surface area (Å²) in [5.41, 5.74) is 1.46. The van der Waals surface area contributed by atoms with E-state index >= 15 is 0 Å². The van der Waals surface area contributed by atoms with Crippen LogP contribution in [-0.4, -0.2) is 10.4 Å². The van der Waals surface area contributed by atoms with Crippen molar-refractivity contribution in [2.24, 2.45) is 7.05 Å². The first kappa shape index (κ1) is 10.6. The Morgan fingerprint density at radius 1 is 1.28 bits per heavy atom. The van der Waals surface area contributed by atoms with E-state index in [-0.39, 0.29) is 11.5 Å². The molecule has 5 heteroatoms. The molecule has 0 aliphatic carbocycles. The van der Waals surface area contributed by atoms with E-state index in [1.54, 1.807) is 37.4 Å². The van der Waals surface area contributed by atoms with Gasteiger partial charge in [-0.25, -0.2) is 4.79 Å². The molecule has 2 heterocycles. The summed E-state index contributed by atoms with van der Waals surface area (Å²) >= 11 is 0. The zero-order chi connectivity index (χ0) is 12.7. The number of ketones is 1. The van der Waals surface area contributed by atoms with Gasteiger partial charge in [0.15, 0.2) is 11.3 Å². The zero-order valence-corrected chi connectivity index (χ0v) is 9.54. The minimum absolute atomic E-state index is 0.242. The number of rotatable bonds is 2. The Morgan fingerprint density at radius 2 is 2.11 bits per heavy atom. The van der Waals surface area contributed by atoms with E-state index in [0.717, 1.165) is 0 Å².